The number of amides is 1. The van der Waals surface area contributed by atoms with Crippen LogP contribution >= 0.6 is 0 Å². The summed E-state index contributed by atoms with van der Waals surface area (Å²) in [7, 11) is -4.70. The van der Waals surface area contributed by atoms with Crippen LogP contribution in [0.1, 0.15) is 44.6 Å². The molecule has 3 N–H and O–H groups in total. The van der Waals surface area contributed by atoms with Crippen molar-refractivity contribution in [2.45, 2.75) is 50.3 Å². The van der Waals surface area contributed by atoms with Crippen LogP contribution in [0.15, 0.2) is 24.4 Å². The van der Waals surface area contributed by atoms with Gasteiger partial charge in [-0.1, -0.05) is 6.08 Å². The molecular weight excluding hydrogens is 402 g/mol. The third kappa shape index (κ3) is 4.18. The number of nitrogens with one attached hydrogen (secondary N) is 3. The number of anilines is 1. The van der Waals surface area contributed by atoms with E-state index in [1.54, 1.807) is 6.20 Å². The second-order valence-electron chi connectivity index (χ2n) is 7.69. The average molecular weight is 424 g/mol. The molecule has 0 aliphatic heterocycles. The van der Waals surface area contributed by atoms with Crippen LogP contribution in [0.2, 0.25) is 0 Å². The zero-order chi connectivity index (χ0) is 20.8. The molecule has 0 radical (unpaired) electrons. The van der Waals surface area contributed by atoms with E-state index >= 15 is 0 Å². The van der Waals surface area contributed by atoms with Crippen molar-refractivity contribution in [2.75, 3.05) is 5.32 Å². The zero-order valence-electron chi connectivity index (χ0n) is 15.8. The minimum atomic E-state index is -4.70. The van der Waals surface area contributed by atoms with Crippen LogP contribution in [0.25, 0.3) is 16.6 Å². The van der Waals surface area contributed by atoms with E-state index in [1.807, 2.05) is 18.2 Å². The van der Waals surface area contributed by atoms with E-state index in [9.17, 15) is 22.0 Å². The lowest BCUT2D eigenvalue weighted by Gasteiger charge is -2.25. The summed E-state index contributed by atoms with van der Waals surface area (Å²) >= 11 is 0. The maximum atomic E-state index is 13.2. The molecule has 0 aromatic carbocycles. The number of aromatic nitrogens is 2. The Morgan fingerprint density at radius 3 is 2.69 bits per heavy atom. The van der Waals surface area contributed by atoms with E-state index in [1.165, 1.54) is 0 Å². The summed E-state index contributed by atoms with van der Waals surface area (Å²) in [6.45, 7) is 0.372. The normalized spacial score (nSPS) is 20.5. The van der Waals surface area contributed by atoms with Crippen molar-refractivity contribution in [1.29, 1.82) is 0 Å². The predicted octanol–water partition coefficient (Wildman–Crippen LogP) is 3.38. The van der Waals surface area contributed by atoms with Crippen LogP contribution in [-0.4, -0.2) is 35.6 Å². The maximum absolute atomic E-state index is 13.2. The highest BCUT2D eigenvalue weighted by Crippen LogP contribution is 2.35. The first-order valence-corrected chi connectivity index (χ1v) is 11.0. The topological polar surface area (TPSA) is 104 Å². The molecular formula is C19H22F2N4O3S. The van der Waals surface area contributed by atoms with Crippen molar-refractivity contribution < 1.29 is 22.0 Å². The van der Waals surface area contributed by atoms with Crippen LogP contribution in [-0.2, 0) is 14.8 Å². The SMILES string of the molecule is CC(F)(F)S(=O)(=O)NC1CC=C(c2cc(NC(=O)C3CC3)nc3[nH]ccc23)CC1. The number of fused-ring (bicyclic) bond motifs is 1. The monoisotopic (exact) mass is 424 g/mol. The van der Waals surface area contributed by atoms with Crippen molar-refractivity contribution in [3.8, 4) is 0 Å². The predicted molar refractivity (Wildman–Crippen MR) is 106 cm³/mol. The number of hydrogen-bond donors (Lipinski definition) is 3. The Hall–Kier alpha value is -2.33. The summed E-state index contributed by atoms with van der Waals surface area (Å²) in [6.07, 6.45) is 6.63. The number of rotatable bonds is 6. The van der Waals surface area contributed by atoms with E-state index in [2.05, 4.69) is 20.0 Å². The molecule has 1 amide bonds. The lowest BCUT2D eigenvalue weighted by molar-refractivity contribution is -0.117. The number of nitrogens with zero attached hydrogens (tertiary/aromatic N) is 1. The highest BCUT2D eigenvalue weighted by Gasteiger charge is 2.40. The number of hydrogen-bond acceptors (Lipinski definition) is 4. The van der Waals surface area contributed by atoms with Crippen molar-refractivity contribution in [2.24, 2.45) is 5.92 Å². The van der Waals surface area contributed by atoms with Gasteiger partial charge in [0, 0.05) is 30.5 Å². The highest BCUT2D eigenvalue weighted by atomic mass is 32.2. The first kappa shape index (κ1) is 20.0. The van der Waals surface area contributed by atoms with E-state index in [0.717, 1.165) is 29.4 Å². The second-order valence-corrected chi connectivity index (χ2v) is 9.65. The summed E-state index contributed by atoms with van der Waals surface area (Å²) in [4.78, 5) is 19.6. The molecule has 1 atom stereocenters. The number of H-pyrrole nitrogens is 1. The molecule has 2 aromatic heterocycles. The standard InChI is InChI=1S/C19H22F2N4O3S/c1-19(20,21)29(27,28)25-13-6-4-11(5-7-13)15-10-16(24-18(26)12-2-3-12)23-17-14(15)8-9-22-17/h4,8-10,12-13,25H,2-3,5-7H2,1H3,(H2,22,23,24,26). The van der Waals surface area contributed by atoms with Gasteiger partial charge in [0.25, 0.3) is 10.0 Å². The van der Waals surface area contributed by atoms with Gasteiger partial charge in [-0.25, -0.2) is 18.1 Å². The van der Waals surface area contributed by atoms with Crippen molar-refractivity contribution >= 4 is 38.4 Å². The number of pyridine rings is 1. The van der Waals surface area contributed by atoms with Crippen LogP contribution in [0.4, 0.5) is 14.6 Å². The number of carbonyl (C=O) groups is 1. The Morgan fingerprint density at radius 1 is 1.31 bits per heavy atom. The van der Waals surface area contributed by atoms with Gasteiger partial charge in [0.15, 0.2) is 0 Å². The molecule has 1 fully saturated rings. The van der Waals surface area contributed by atoms with Gasteiger partial charge < -0.3 is 10.3 Å². The molecule has 0 saturated heterocycles. The number of halogens is 2. The number of aromatic amines is 1. The maximum Gasteiger partial charge on any atom is 0.356 e. The molecule has 2 aliphatic carbocycles. The number of allylic oxidation sites excluding steroid dienone is 1. The third-order valence-electron chi connectivity index (χ3n) is 5.28. The van der Waals surface area contributed by atoms with Gasteiger partial charge in [-0.15, -0.1) is 0 Å². The quantitative estimate of drug-likeness (QED) is 0.661. The van der Waals surface area contributed by atoms with Crippen LogP contribution in [0.3, 0.4) is 0 Å². The smallest absolute Gasteiger partial charge is 0.346 e. The lowest BCUT2D eigenvalue weighted by atomic mass is 9.90. The molecule has 4 rings (SSSR count). The van der Waals surface area contributed by atoms with Gasteiger partial charge in [-0.2, -0.15) is 8.78 Å². The Kier molecular flexibility index (Phi) is 4.94. The number of carbonyl (C=O) groups excluding carboxylic acids is 1. The largest absolute Gasteiger partial charge is 0.356 e. The first-order chi connectivity index (χ1) is 13.6. The van der Waals surface area contributed by atoms with Crippen molar-refractivity contribution in [3.63, 3.8) is 0 Å². The fourth-order valence-corrected chi connectivity index (χ4v) is 4.31. The molecule has 2 aromatic rings. The molecule has 1 saturated carbocycles. The van der Waals surface area contributed by atoms with E-state index in [0.29, 0.717) is 37.7 Å². The fraction of sp³-hybridized carbons (Fsp3) is 0.474. The van der Waals surface area contributed by atoms with Crippen LogP contribution in [0, 0.1) is 5.92 Å². The van der Waals surface area contributed by atoms with Gasteiger partial charge in [-0.3, -0.25) is 4.79 Å². The van der Waals surface area contributed by atoms with Crippen LogP contribution in [0.5, 0.6) is 0 Å². The summed E-state index contributed by atoms with van der Waals surface area (Å²) in [5.41, 5.74) is 2.50. The second kappa shape index (κ2) is 7.17. The van der Waals surface area contributed by atoms with Crippen molar-refractivity contribution in [1.82, 2.24) is 14.7 Å². The molecule has 7 nitrogen and oxygen atoms in total. The zero-order valence-corrected chi connectivity index (χ0v) is 16.7. The summed E-state index contributed by atoms with van der Waals surface area (Å²) in [5.74, 6) is 0.474. The molecule has 29 heavy (non-hydrogen) atoms. The minimum Gasteiger partial charge on any atom is -0.346 e. The molecule has 2 heterocycles. The molecule has 2 aliphatic rings. The molecule has 0 bridgehead atoms. The Balaban J connectivity index is 1.56. The summed E-state index contributed by atoms with van der Waals surface area (Å²) in [5, 5.41) is -0.0872. The van der Waals surface area contributed by atoms with Gasteiger partial charge in [-0.05, 0) is 55.4 Å². The summed E-state index contributed by atoms with van der Waals surface area (Å²) in [6, 6.07) is 3.12. The highest BCUT2D eigenvalue weighted by molar-refractivity contribution is 7.90. The van der Waals surface area contributed by atoms with Crippen LogP contribution < -0.4 is 10.0 Å². The minimum absolute atomic E-state index is 0.0399. The first-order valence-electron chi connectivity index (χ1n) is 9.52. The van der Waals surface area contributed by atoms with Crippen molar-refractivity contribution in [3.05, 3.63) is 30.0 Å². The Labute approximate surface area is 167 Å². The van der Waals surface area contributed by atoms with Gasteiger partial charge >= 0.3 is 5.25 Å². The Bertz CT molecular complexity index is 1080. The van der Waals surface area contributed by atoms with Gasteiger partial charge in [0.2, 0.25) is 5.91 Å². The lowest BCUT2D eigenvalue weighted by Crippen LogP contribution is -2.43. The van der Waals surface area contributed by atoms with E-state index < -0.39 is 21.3 Å². The molecule has 156 valence electrons. The van der Waals surface area contributed by atoms with E-state index in [4.69, 9.17) is 0 Å². The number of sulfonamides is 1. The molecule has 10 heteroatoms. The number of alkyl halides is 2. The van der Waals surface area contributed by atoms with Gasteiger partial charge in [0.05, 0.1) is 0 Å². The van der Waals surface area contributed by atoms with E-state index in [-0.39, 0.29) is 11.8 Å². The van der Waals surface area contributed by atoms with Gasteiger partial charge in [0.1, 0.15) is 11.5 Å². The third-order valence-corrected chi connectivity index (χ3v) is 6.87. The Morgan fingerprint density at radius 2 is 2.07 bits per heavy atom. The summed E-state index contributed by atoms with van der Waals surface area (Å²) < 4.78 is 51.9. The average Bonchev–Trinajstić information content (AvgIpc) is 3.39. The molecule has 1 unspecified atom stereocenters. The fourth-order valence-electron chi connectivity index (χ4n) is 3.45. The molecule has 0 spiro atoms.